The van der Waals surface area contributed by atoms with Crippen LogP contribution in [0.3, 0.4) is 0 Å². The molecule has 1 N–H and O–H groups in total. The third kappa shape index (κ3) is 2.03. The van der Waals surface area contributed by atoms with E-state index in [1.54, 1.807) is 10.7 Å². The lowest BCUT2D eigenvalue weighted by Crippen LogP contribution is -2.06. The number of hydrogen-bond donors (Lipinski definition) is 1. The van der Waals surface area contributed by atoms with Gasteiger partial charge in [0.2, 0.25) is 0 Å². The molecule has 1 saturated carbocycles. The Morgan fingerprint density at radius 3 is 2.89 bits per heavy atom. The topological polar surface area (TPSA) is 90.1 Å². The van der Waals surface area contributed by atoms with Crippen LogP contribution in [0.15, 0.2) is 18.2 Å². The van der Waals surface area contributed by atoms with Crippen LogP contribution in [-0.4, -0.2) is 38.4 Å². The number of tetrazole rings is 1. The number of benzene rings is 1. The summed E-state index contributed by atoms with van der Waals surface area (Å²) >= 11 is 0. The van der Waals surface area contributed by atoms with Gasteiger partial charge in [0, 0.05) is 5.92 Å². The van der Waals surface area contributed by atoms with Crippen molar-refractivity contribution in [3.8, 4) is 11.4 Å². The van der Waals surface area contributed by atoms with E-state index in [0.717, 1.165) is 18.7 Å². The number of rotatable bonds is 4. The fraction of sp³-hybridized carbons (Fsp3) is 0.333. The van der Waals surface area contributed by atoms with Gasteiger partial charge in [0.25, 0.3) is 0 Å². The minimum absolute atomic E-state index is 0.174. The number of carbonyl (C=O) groups is 1. The average Bonchev–Trinajstić information content (AvgIpc) is 3.15. The van der Waals surface area contributed by atoms with Crippen LogP contribution in [0.5, 0.6) is 5.75 Å². The molecule has 1 aromatic heterocycles. The third-order valence-corrected chi connectivity index (χ3v) is 3.09. The van der Waals surface area contributed by atoms with Crippen molar-refractivity contribution >= 4 is 5.97 Å². The molecule has 1 fully saturated rings. The zero-order valence-corrected chi connectivity index (χ0v) is 10.3. The third-order valence-electron chi connectivity index (χ3n) is 3.09. The Morgan fingerprint density at radius 1 is 1.47 bits per heavy atom. The standard InChI is InChI=1S/C12H12N4O3/c1-19-10-5-4-8(12(17)18)6-9(10)16-11(7-2-3-7)13-14-15-16/h4-7H,2-3H2,1H3,(H,17,18). The van der Waals surface area contributed by atoms with Crippen molar-refractivity contribution in [3.63, 3.8) is 0 Å². The molecule has 98 valence electrons. The Hall–Kier alpha value is -2.44. The maximum atomic E-state index is 11.1. The molecular weight excluding hydrogens is 248 g/mol. The van der Waals surface area contributed by atoms with Crippen LogP contribution in [0.1, 0.15) is 34.9 Å². The lowest BCUT2D eigenvalue weighted by molar-refractivity contribution is 0.0697. The molecule has 0 amide bonds. The summed E-state index contributed by atoms with van der Waals surface area (Å²) in [7, 11) is 1.53. The Labute approximate surface area is 108 Å². The van der Waals surface area contributed by atoms with Gasteiger partial charge in [0.1, 0.15) is 11.4 Å². The molecule has 2 aromatic rings. The lowest BCUT2D eigenvalue weighted by atomic mass is 10.2. The predicted molar refractivity (Wildman–Crippen MR) is 64.6 cm³/mol. The molecule has 0 atom stereocenters. The highest BCUT2D eigenvalue weighted by Gasteiger charge is 2.30. The molecule has 1 aliphatic carbocycles. The number of hydrogen-bond acceptors (Lipinski definition) is 5. The van der Waals surface area contributed by atoms with E-state index >= 15 is 0 Å². The van der Waals surface area contributed by atoms with Gasteiger partial charge in [-0.1, -0.05) is 0 Å². The molecule has 0 bridgehead atoms. The van der Waals surface area contributed by atoms with Crippen molar-refractivity contribution in [1.29, 1.82) is 0 Å². The van der Waals surface area contributed by atoms with Crippen LogP contribution in [0.2, 0.25) is 0 Å². The van der Waals surface area contributed by atoms with Gasteiger partial charge in [0.15, 0.2) is 5.82 Å². The summed E-state index contributed by atoms with van der Waals surface area (Å²) in [5.74, 6) is 0.651. The molecule has 7 heteroatoms. The highest BCUT2D eigenvalue weighted by Crippen LogP contribution is 2.40. The fourth-order valence-electron chi connectivity index (χ4n) is 1.95. The minimum atomic E-state index is -0.995. The first-order valence-electron chi connectivity index (χ1n) is 5.90. The van der Waals surface area contributed by atoms with E-state index in [-0.39, 0.29) is 5.56 Å². The highest BCUT2D eigenvalue weighted by atomic mass is 16.5. The summed E-state index contributed by atoms with van der Waals surface area (Å²) in [6, 6.07) is 4.62. The Morgan fingerprint density at radius 2 is 2.26 bits per heavy atom. The van der Waals surface area contributed by atoms with Gasteiger partial charge in [-0.2, -0.15) is 4.68 Å². The van der Waals surface area contributed by atoms with Gasteiger partial charge in [-0.25, -0.2) is 4.79 Å². The van der Waals surface area contributed by atoms with Crippen molar-refractivity contribution in [2.24, 2.45) is 0 Å². The SMILES string of the molecule is COc1ccc(C(=O)O)cc1-n1nnnc1C1CC1. The van der Waals surface area contributed by atoms with Crippen LogP contribution in [0.25, 0.3) is 5.69 Å². The van der Waals surface area contributed by atoms with Gasteiger partial charge in [-0.3, -0.25) is 0 Å². The maximum Gasteiger partial charge on any atom is 0.335 e. The zero-order chi connectivity index (χ0) is 13.4. The lowest BCUT2D eigenvalue weighted by Gasteiger charge is -2.10. The Bertz CT molecular complexity index is 634. The van der Waals surface area contributed by atoms with Crippen LogP contribution in [-0.2, 0) is 0 Å². The summed E-state index contributed by atoms with van der Waals surface area (Å²) in [4.78, 5) is 11.1. The summed E-state index contributed by atoms with van der Waals surface area (Å²) in [6.45, 7) is 0. The highest BCUT2D eigenvalue weighted by molar-refractivity contribution is 5.88. The number of methoxy groups -OCH3 is 1. The minimum Gasteiger partial charge on any atom is -0.494 e. The van der Waals surface area contributed by atoms with E-state index in [9.17, 15) is 4.79 Å². The first kappa shape index (κ1) is 11.6. The predicted octanol–water partition coefficient (Wildman–Crippen LogP) is 1.25. The van der Waals surface area contributed by atoms with Gasteiger partial charge < -0.3 is 9.84 Å². The molecule has 0 unspecified atom stereocenters. The molecule has 0 radical (unpaired) electrons. The van der Waals surface area contributed by atoms with Crippen molar-refractivity contribution in [2.75, 3.05) is 7.11 Å². The first-order valence-corrected chi connectivity index (χ1v) is 5.90. The summed E-state index contributed by atoms with van der Waals surface area (Å²) in [6.07, 6.45) is 2.11. The smallest absolute Gasteiger partial charge is 0.335 e. The number of aromatic carboxylic acids is 1. The van der Waals surface area contributed by atoms with Crippen LogP contribution in [0.4, 0.5) is 0 Å². The number of ether oxygens (including phenoxy) is 1. The van der Waals surface area contributed by atoms with Gasteiger partial charge in [-0.15, -0.1) is 5.10 Å². The quantitative estimate of drug-likeness (QED) is 0.889. The van der Waals surface area contributed by atoms with Crippen LogP contribution < -0.4 is 4.74 Å². The second-order valence-electron chi connectivity index (χ2n) is 4.41. The van der Waals surface area contributed by atoms with Crippen molar-refractivity contribution in [1.82, 2.24) is 20.2 Å². The zero-order valence-electron chi connectivity index (χ0n) is 10.3. The molecule has 3 rings (SSSR count). The van der Waals surface area contributed by atoms with Crippen LogP contribution in [0, 0.1) is 0 Å². The average molecular weight is 260 g/mol. The second-order valence-corrected chi connectivity index (χ2v) is 4.41. The number of carboxylic acid groups (broad SMARTS) is 1. The van der Waals surface area contributed by atoms with E-state index in [4.69, 9.17) is 9.84 Å². The van der Waals surface area contributed by atoms with Gasteiger partial charge >= 0.3 is 5.97 Å². The molecule has 0 spiro atoms. The number of nitrogens with zero attached hydrogens (tertiary/aromatic N) is 4. The van der Waals surface area contributed by atoms with E-state index in [2.05, 4.69) is 15.5 Å². The largest absolute Gasteiger partial charge is 0.494 e. The second kappa shape index (κ2) is 4.34. The summed E-state index contributed by atoms with van der Waals surface area (Å²) < 4.78 is 6.81. The van der Waals surface area contributed by atoms with Gasteiger partial charge in [0.05, 0.1) is 12.7 Å². The molecule has 1 heterocycles. The molecular formula is C12H12N4O3. The van der Waals surface area contributed by atoms with Crippen molar-refractivity contribution < 1.29 is 14.6 Å². The summed E-state index contributed by atoms with van der Waals surface area (Å²) in [5.41, 5.74) is 0.724. The van der Waals surface area contributed by atoms with Gasteiger partial charge in [-0.05, 0) is 41.5 Å². The molecule has 0 saturated heterocycles. The monoisotopic (exact) mass is 260 g/mol. The molecule has 1 aromatic carbocycles. The van der Waals surface area contributed by atoms with E-state index < -0.39 is 5.97 Å². The molecule has 0 aliphatic heterocycles. The maximum absolute atomic E-state index is 11.1. The molecule has 19 heavy (non-hydrogen) atoms. The normalized spacial score (nSPS) is 14.4. The number of aromatic nitrogens is 4. The van der Waals surface area contributed by atoms with Crippen LogP contribution >= 0.6 is 0 Å². The van der Waals surface area contributed by atoms with E-state index in [1.165, 1.54) is 19.2 Å². The molecule has 7 nitrogen and oxygen atoms in total. The first-order chi connectivity index (χ1) is 9.20. The fourth-order valence-corrected chi connectivity index (χ4v) is 1.95. The van der Waals surface area contributed by atoms with E-state index in [0.29, 0.717) is 17.4 Å². The van der Waals surface area contributed by atoms with Crippen molar-refractivity contribution in [2.45, 2.75) is 18.8 Å². The van der Waals surface area contributed by atoms with E-state index in [1.807, 2.05) is 0 Å². The number of carboxylic acids is 1. The Balaban J connectivity index is 2.13. The Kier molecular flexibility index (Phi) is 2.66. The molecule has 1 aliphatic rings. The summed E-state index contributed by atoms with van der Waals surface area (Å²) in [5, 5.41) is 20.7. The van der Waals surface area contributed by atoms with Crippen molar-refractivity contribution in [3.05, 3.63) is 29.6 Å².